The standard InChI is InChI=1S/C68H40/c1-5-19-41(20-6-1)59-51-29-15-16-30-52(51)60(42-21-7-2-8-22-42)67-56-38-37-48(50-32-18-33-54(63(50)56)65(59)67)46-35-36-53-57(39-46)62(44-25-11-4-12-26-44)68-58-40-45-27-13-14-28-47(45)49-31-17-34-55(64(49)58)66(68)61(53)43-23-9-3-10-24-43/h1-40H. The van der Waals surface area contributed by atoms with Crippen LogP contribution in [0.2, 0.25) is 0 Å². The fraction of sp³-hybridized carbons (Fsp3) is 0. The second kappa shape index (κ2) is 14.3. The molecule has 15 rings (SSSR count). The zero-order valence-electron chi connectivity index (χ0n) is 37.1. The van der Waals surface area contributed by atoms with Crippen molar-refractivity contribution in [2.45, 2.75) is 0 Å². The van der Waals surface area contributed by atoms with E-state index in [-0.39, 0.29) is 0 Å². The average molecular weight is 857 g/mol. The van der Waals surface area contributed by atoms with Crippen molar-refractivity contribution >= 4 is 53.9 Å². The topological polar surface area (TPSA) is 0 Å². The van der Waals surface area contributed by atoms with Crippen molar-refractivity contribution in [1.29, 1.82) is 0 Å². The zero-order valence-corrected chi connectivity index (χ0v) is 37.1. The Morgan fingerprint density at radius 3 is 1.09 bits per heavy atom. The minimum atomic E-state index is 1.21. The van der Waals surface area contributed by atoms with Gasteiger partial charge in [0.15, 0.2) is 0 Å². The molecule has 0 N–H and O–H groups in total. The normalized spacial score (nSPS) is 12.1. The van der Waals surface area contributed by atoms with Gasteiger partial charge in [-0.05, 0) is 166 Å². The van der Waals surface area contributed by atoms with Crippen molar-refractivity contribution in [1.82, 2.24) is 0 Å². The first-order valence-electron chi connectivity index (χ1n) is 23.8. The summed E-state index contributed by atoms with van der Waals surface area (Å²) in [6, 6.07) is 90.7. The van der Waals surface area contributed by atoms with E-state index in [2.05, 4.69) is 243 Å². The molecule has 68 heavy (non-hydrogen) atoms. The van der Waals surface area contributed by atoms with E-state index < -0.39 is 0 Å². The highest BCUT2D eigenvalue weighted by Gasteiger charge is 2.33. The van der Waals surface area contributed by atoms with Gasteiger partial charge in [-0.15, -0.1) is 0 Å². The number of fused-ring (bicyclic) bond motifs is 10. The Morgan fingerprint density at radius 1 is 0.162 bits per heavy atom. The number of benzene rings is 13. The van der Waals surface area contributed by atoms with Gasteiger partial charge in [-0.1, -0.05) is 231 Å². The minimum Gasteiger partial charge on any atom is -0.0622 e. The van der Waals surface area contributed by atoms with E-state index in [0.717, 1.165) is 0 Å². The number of rotatable bonds is 5. The Labute approximate surface area is 394 Å². The Morgan fingerprint density at radius 2 is 0.544 bits per heavy atom. The van der Waals surface area contributed by atoms with Crippen molar-refractivity contribution in [3.05, 3.63) is 243 Å². The molecule has 0 heteroatoms. The maximum Gasteiger partial charge on any atom is -0.000719 e. The summed E-state index contributed by atoms with van der Waals surface area (Å²) in [6.07, 6.45) is 0. The van der Waals surface area contributed by atoms with Crippen LogP contribution in [0.1, 0.15) is 0 Å². The Hall–Kier alpha value is -8.84. The maximum absolute atomic E-state index is 2.51. The highest BCUT2D eigenvalue weighted by molar-refractivity contribution is 6.32. The zero-order chi connectivity index (χ0) is 44.5. The summed E-state index contributed by atoms with van der Waals surface area (Å²) >= 11 is 0. The largest absolute Gasteiger partial charge is 0.0622 e. The van der Waals surface area contributed by atoms with Crippen LogP contribution in [0.5, 0.6) is 0 Å². The monoisotopic (exact) mass is 856 g/mol. The average Bonchev–Trinajstić information content (AvgIpc) is 3.91. The molecule has 0 bridgehead atoms. The predicted molar refractivity (Wildman–Crippen MR) is 290 cm³/mol. The van der Waals surface area contributed by atoms with Crippen LogP contribution in [0, 0.1) is 0 Å². The fourth-order valence-electron chi connectivity index (χ4n) is 12.4. The lowest BCUT2D eigenvalue weighted by Gasteiger charge is -2.21. The van der Waals surface area contributed by atoms with Gasteiger partial charge in [0.1, 0.15) is 0 Å². The molecule has 0 spiro atoms. The van der Waals surface area contributed by atoms with Crippen molar-refractivity contribution in [3.63, 3.8) is 0 Å². The molecule has 13 aromatic carbocycles. The third kappa shape index (κ3) is 5.15. The molecule has 2 aliphatic carbocycles. The molecule has 0 aromatic heterocycles. The van der Waals surface area contributed by atoms with Gasteiger partial charge in [-0.3, -0.25) is 0 Å². The number of hydrogen-bond donors (Lipinski definition) is 0. The van der Waals surface area contributed by atoms with Crippen LogP contribution in [-0.2, 0) is 0 Å². The molecule has 0 saturated heterocycles. The summed E-state index contributed by atoms with van der Waals surface area (Å²) in [5.41, 5.74) is 23.1. The molecule has 312 valence electrons. The van der Waals surface area contributed by atoms with Gasteiger partial charge < -0.3 is 0 Å². The molecule has 0 saturated carbocycles. The molecule has 0 fully saturated rings. The Balaban J connectivity index is 1.05. The lowest BCUT2D eigenvalue weighted by Crippen LogP contribution is -1.94. The van der Waals surface area contributed by atoms with Gasteiger partial charge in [0.05, 0.1) is 0 Å². The lowest BCUT2D eigenvalue weighted by molar-refractivity contribution is 1.62. The second-order valence-corrected chi connectivity index (χ2v) is 18.5. The molecule has 0 nitrogen and oxygen atoms in total. The van der Waals surface area contributed by atoms with Crippen LogP contribution >= 0.6 is 0 Å². The van der Waals surface area contributed by atoms with Crippen molar-refractivity contribution in [3.8, 4) is 100 Å². The summed E-state index contributed by atoms with van der Waals surface area (Å²) in [6.45, 7) is 0. The summed E-state index contributed by atoms with van der Waals surface area (Å²) < 4.78 is 0. The van der Waals surface area contributed by atoms with E-state index in [1.54, 1.807) is 0 Å². The molecule has 13 aromatic rings. The summed E-state index contributed by atoms with van der Waals surface area (Å²) in [5.74, 6) is 0. The molecule has 2 aliphatic rings. The molecule has 0 radical (unpaired) electrons. The van der Waals surface area contributed by atoms with Gasteiger partial charge in [0, 0.05) is 0 Å². The lowest BCUT2D eigenvalue weighted by atomic mass is 9.81. The first kappa shape index (κ1) is 37.4. The van der Waals surface area contributed by atoms with E-state index in [4.69, 9.17) is 0 Å². The SMILES string of the molecule is c1ccc(-c2c3c(c(-c4ccccc4)c4ccccc24)-c2ccc(-c4ccc5c(-c6ccccc6)c6c(c(-c7ccccc7)c5c4)-c4cc5ccccc5c5cccc-6c45)c4cccc-3c24)cc1. The van der Waals surface area contributed by atoms with Gasteiger partial charge in [-0.25, -0.2) is 0 Å². The van der Waals surface area contributed by atoms with E-state index in [1.807, 2.05) is 0 Å². The van der Waals surface area contributed by atoms with Crippen LogP contribution in [0.25, 0.3) is 154 Å². The van der Waals surface area contributed by atoms with Crippen LogP contribution in [0.4, 0.5) is 0 Å². The van der Waals surface area contributed by atoms with Crippen LogP contribution in [0.3, 0.4) is 0 Å². The maximum atomic E-state index is 2.51. The van der Waals surface area contributed by atoms with Gasteiger partial charge >= 0.3 is 0 Å². The van der Waals surface area contributed by atoms with E-state index in [9.17, 15) is 0 Å². The molecular formula is C68H40. The third-order valence-electron chi connectivity index (χ3n) is 15.1. The summed E-state index contributed by atoms with van der Waals surface area (Å²) in [4.78, 5) is 0. The van der Waals surface area contributed by atoms with E-state index in [0.29, 0.717) is 0 Å². The molecule has 0 heterocycles. The van der Waals surface area contributed by atoms with Crippen molar-refractivity contribution < 1.29 is 0 Å². The minimum absolute atomic E-state index is 1.21. The van der Waals surface area contributed by atoms with Crippen LogP contribution in [-0.4, -0.2) is 0 Å². The highest BCUT2D eigenvalue weighted by atomic mass is 14.4. The van der Waals surface area contributed by atoms with E-state index in [1.165, 1.54) is 154 Å². The Bertz CT molecular complexity index is 4170. The Kier molecular flexibility index (Phi) is 7.88. The quantitative estimate of drug-likeness (QED) is 0.151. The highest BCUT2D eigenvalue weighted by Crippen LogP contribution is 2.61. The second-order valence-electron chi connectivity index (χ2n) is 18.5. The first-order chi connectivity index (χ1) is 33.8. The fourth-order valence-corrected chi connectivity index (χ4v) is 12.4. The summed E-state index contributed by atoms with van der Waals surface area (Å²) in [7, 11) is 0. The van der Waals surface area contributed by atoms with Gasteiger partial charge in [-0.2, -0.15) is 0 Å². The smallest absolute Gasteiger partial charge is 0.000719 e. The number of hydrogen-bond acceptors (Lipinski definition) is 0. The molecular weight excluding hydrogens is 817 g/mol. The van der Waals surface area contributed by atoms with Gasteiger partial charge in [0.2, 0.25) is 0 Å². The molecule has 0 atom stereocenters. The van der Waals surface area contributed by atoms with Crippen molar-refractivity contribution in [2.24, 2.45) is 0 Å². The van der Waals surface area contributed by atoms with Crippen LogP contribution in [0.15, 0.2) is 243 Å². The molecule has 0 aliphatic heterocycles. The van der Waals surface area contributed by atoms with E-state index >= 15 is 0 Å². The third-order valence-corrected chi connectivity index (χ3v) is 15.1. The molecule has 0 unspecified atom stereocenters. The van der Waals surface area contributed by atoms with Gasteiger partial charge in [0.25, 0.3) is 0 Å². The van der Waals surface area contributed by atoms with Crippen molar-refractivity contribution in [2.75, 3.05) is 0 Å². The first-order valence-corrected chi connectivity index (χ1v) is 23.8. The predicted octanol–water partition coefficient (Wildman–Crippen LogP) is 19.1. The van der Waals surface area contributed by atoms with Crippen LogP contribution < -0.4 is 0 Å². The summed E-state index contributed by atoms with van der Waals surface area (Å²) in [5, 5.41) is 12.9. The molecule has 0 amide bonds.